The summed E-state index contributed by atoms with van der Waals surface area (Å²) < 4.78 is 143. The SMILES string of the molecule is CCCC([N+]1=C(C=CC=CC=CC=C2N(CCCS(=O)(=O)O)c3cc(I)c(I)c(I)c3C2(C)CCCCCC(=O)O)C(C)(CCCCS(=O)(=O)O)c2cc(S(=O)(=O)[O-])ccc21)S(=O)(=O)O. The number of halogens is 3. The topological polar surface area (TPSA) is 264 Å². The van der Waals surface area contributed by atoms with Gasteiger partial charge in [-0.15, -0.1) is 0 Å². The van der Waals surface area contributed by atoms with Gasteiger partial charge in [-0.1, -0.05) is 56.6 Å². The molecular weight excluding hydrogens is 1270 g/mol. The van der Waals surface area contributed by atoms with Gasteiger partial charge in [0.2, 0.25) is 5.69 Å². The van der Waals surface area contributed by atoms with E-state index in [1.54, 1.807) is 44.2 Å². The molecule has 65 heavy (non-hydrogen) atoms. The Labute approximate surface area is 423 Å². The van der Waals surface area contributed by atoms with Crippen molar-refractivity contribution in [3.05, 3.63) is 94.3 Å². The van der Waals surface area contributed by atoms with Crippen LogP contribution in [0, 0.1) is 10.7 Å². The molecule has 0 saturated heterocycles. The first-order valence-electron chi connectivity index (χ1n) is 20.6. The summed E-state index contributed by atoms with van der Waals surface area (Å²) in [5.41, 5.74) is 1.93. The van der Waals surface area contributed by atoms with E-state index in [1.165, 1.54) is 16.7 Å². The van der Waals surface area contributed by atoms with Gasteiger partial charge in [-0.2, -0.15) is 29.8 Å². The van der Waals surface area contributed by atoms with Gasteiger partial charge in [-0.3, -0.25) is 18.5 Å². The molecule has 23 heteroatoms. The van der Waals surface area contributed by atoms with E-state index in [0.29, 0.717) is 31.4 Å². The van der Waals surface area contributed by atoms with E-state index in [0.717, 1.165) is 40.1 Å². The maximum absolute atomic E-state index is 13.0. The lowest BCUT2D eigenvalue weighted by Crippen LogP contribution is -2.37. The molecule has 0 fully saturated rings. The number of fused-ring (bicyclic) bond motifs is 2. The molecular formula is C42H53I3N2O14S4. The molecule has 0 aromatic heterocycles. The van der Waals surface area contributed by atoms with Crippen molar-refractivity contribution in [3.63, 3.8) is 0 Å². The molecule has 360 valence electrons. The average Bonchev–Trinajstić information content (AvgIpc) is 3.55. The second kappa shape index (κ2) is 22.7. The third kappa shape index (κ3) is 14.4. The zero-order valence-corrected chi connectivity index (χ0v) is 45.6. The molecule has 3 unspecified atom stereocenters. The van der Waals surface area contributed by atoms with Gasteiger partial charge in [-0.25, -0.2) is 8.42 Å². The molecule has 4 rings (SSSR count). The number of nitrogens with zero attached hydrogens (tertiary/aromatic N) is 2. The monoisotopic (exact) mass is 1320 g/mol. The highest BCUT2D eigenvalue weighted by atomic mass is 127. The van der Waals surface area contributed by atoms with E-state index in [-0.39, 0.29) is 56.3 Å². The summed E-state index contributed by atoms with van der Waals surface area (Å²) in [4.78, 5) is 12.7. The predicted octanol–water partition coefficient (Wildman–Crippen LogP) is 8.48. The Kier molecular flexibility index (Phi) is 19.5. The number of carbonyl (C=O) groups is 1. The number of anilines is 1. The first kappa shape index (κ1) is 55.8. The molecule has 16 nitrogen and oxygen atoms in total. The molecule has 2 aliphatic heterocycles. The lowest BCUT2D eigenvalue weighted by Gasteiger charge is -2.31. The Balaban J connectivity index is 1.81. The van der Waals surface area contributed by atoms with E-state index in [1.807, 2.05) is 12.2 Å². The standard InChI is InChI=1S/C42H53I3N2O14S4/c1-4-16-36(65(59,60)61)47-32-21-20-29(64(56,57)58)27-30(32)41(2,22-13-14-25-62(50,51)52)35(47)18-10-7-5-6-9-17-34-42(3,23-12-8-11-19-37(48)49)38-33(28-31(43)39(44)40(38)45)46(34)24-15-26-63(53,54)55/h5-7,9-10,17-18,20-21,27-28,36H,4,8,11-16,19,22-26H2,1-3H3,(H4-,48,49,50,51,52,53,54,55,56,57,58,59,60,61). The smallest absolute Gasteiger partial charge is 0.329 e. The van der Waals surface area contributed by atoms with Crippen LogP contribution in [0.5, 0.6) is 0 Å². The molecule has 0 amide bonds. The van der Waals surface area contributed by atoms with Crippen LogP contribution in [0.3, 0.4) is 0 Å². The summed E-state index contributed by atoms with van der Waals surface area (Å²) in [5, 5.41) is 7.69. The molecule has 2 aromatic carbocycles. The zero-order valence-electron chi connectivity index (χ0n) is 35.9. The van der Waals surface area contributed by atoms with Crippen LogP contribution in [0.25, 0.3) is 0 Å². The van der Waals surface area contributed by atoms with Crippen LogP contribution in [-0.2, 0) is 56.1 Å². The Hall–Kier alpha value is -1.83. The van der Waals surface area contributed by atoms with Gasteiger partial charge < -0.3 is 14.6 Å². The van der Waals surface area contributed by atoms with Crippen LogP contribution < -0.4 is 4.90 Å². The number of aliphatic carboxylic acids is 1. The number of hydrogen-bond acceptors (Lipinski definition) is 11. The van der Waals surface area contributed by atoms with Crippen molar-refractivity contribution < 1.29 is 66.4 Å². The van der Waals surface area contributed by atoms with E-state index >= 15 is 0 Å². The van der Waals surface area contributed by atoms with Gasteiger partial charge in [0.1, 0.15) is 10.1 Å². The van der Waals surface area contributed by atoms with Crippen molar-refractivity contribution in [2.75, 3.05) is 23.0 Å². The van der Waals surface area contributed by atoms with Gasteiger partial charge in [0, 0.05) is 70.2 Å². The third-order valence-corrected chi connectivity index (χ3v) is 20.3. The van der Waals surface area contributed by atoms with E-state index in [4.69, 9.17) is 0 Å². The van der Waals surface area contributed by atoms with Crippen molar-refractivity contribution in [1.29, 1.82) is 0 Å². The number of benzene rings is 2. The quantitative estimate of drug-likeness (QED) is 0.0192. The minimum Gasteiger partial charge on any atom is -0.744 e. The van der Waals surface area contributed by atoms with Gasteiger partial charge in [0.15, 0.2) is 5.71 Å². The van der Waals surface area contributed by atoms with Crippen LogP contribution >= 0.6 is 67.8 Å². The molecule has 2 heterocycles. The summed E-state index contributed by atoms with van der Waals surface area (Å²) in [6.45, 7) is 5.83. The molecule has 2 aromatic rings. The molecule has 0 saturated carbocycles. The fourth-order valence-electron chi connectivity index (χ4n) is 8.58. The maximum atomic E-state index is 13.0. The fourth-order valence-corrected chi connectivity index (χ4v) is 13.8. The highest BCUT2D eigenvalue weighted by Gasteiger charge is 2.52. The molecule has 2 aliphatic rings. The summed E-state index contributed by atoms with van der Waals surface area (Å²) in [6.07, 6.45) is 15.5. The number of carboxylic acids is 1. The third-order valence-electron chi connectivity index (χ3n) is 11.6. The van der Waals surface area contributed by atoms with Crippen molar-refractivity contribution in [1.82, 2.24) is 0 Å². The first-order valence-corrected chi connectivity index (χ1v) is 30.0. The zero-order chi connectivity index (χ0) is 48.8. The van der Waals surface area contributed by atoms with Gasteiger partial charge in [0.25, 0.3) is 25.6 Å². The van der Waals surface area contributed by atoms with E-state index in [2.05, 4.69) is 85.7 Å². The van der Waals surface area contributed by atoms with E-state index in [9.17, 15) is 61.8 Å². The molecule has 0 spiro atoms. The summed E-state index contributed by atoms with van der Waals surface area (Å²) in [6, 6.07) is 5.62. The Morgan fingerprint density at radius 2 is 1.40 bits per heavy atom. The van der Waals surface area contributed by atoms with Crippen molar-refractivity contribution in [2.45, 2.75) is 112 Å². The van der Waals surface area contributed by atoms with Crippen LogP contribution in [0.2, 0.25) is 0 Å². The number of allylic oxidation sites excluding steroid dienone is 8. The Morgan fingerprint density at radius 1 is 0.800 bits per heavy atom. The van der Waals surface area contributed by atoms with E-state index < -0.39 is 79.0 Å². The Bertz CT molecular complexity index is 2760. The van der Waals surface area contributed by atoms with Gasteiger partial charge in [0.05, 0.1) is 21.8 Å². The first-order chi connectivity index (χ1) is 30.1. The van der Waals surface area contributed by atoms with Gasteiger partial charge >= 0.3 is 16.1 Å². The van der Waals surface area contributed by atoms with Crippen molar-refractivity contribution >= 4 is 131 Å². The highest BCUT2D eigenvalue weighted by molar-refractivity contribution is 14.1. The predicted molar refractivity (Wildman–Crippen MR) is 274 cm³/mol. The lowest BCUT2D eigenvalue weighted by molar-refractivity contribution is -0.458. The molecule has 4 N–H and O–H groups in total. The minimum absolute atomic E-state index is 0.0155. The van der Waals surface area contributed by atoms with Crippen LogP contribution in [0.15, 0.2) is 77.4 Å². The minimum atomic E-state index is -4.96. The lowest BCUT2D eigenvalue weighted by atomic mass is 9.75. The number of rotatable bonds is 24. The van der Waals surface area contributed by atoms with Crippen molar-refractivity contribution in [3.8, 4) is 0 Å². The van der Waals surface area contributed by atoms with Gasteiger partial charge in [-0.05, 0) is 144 Å². The molecule has 0 aliphatic carbocycles. The average molecular weight is 1320 g/mol. The number of hydrogen-bond donors (Lipinski definition) is 4. The van der Waals surface area contributed by atoms with Crippen LogP contribution in [0.4, 0.5) is 11.4 Å². The molecule has 3 atom stereocenters. The van der Waals surface area contributed by atoms with Crippen LogP contribution in [-0.4, -0.2) is 96.7 Å². The van der Waals surface area contributed by atoms with Crippen LogP contribution in [0.1, 0.15) is 103 Å². The summed E-state index contributed by atoms with van der Waals surface area (Å²) in [5.74, 6) is -1.85. The maximum Gasteiger partial charge on any atom is 0.329 e. The second-order valence-corrected chi connectivity index (χ2v) is 25.8. The fraction of sp³-hybridized carbons (Fsp3) is 0.476. The molecule has 0 bridgehead atoms. The Morgan fingerprint density at radius 3 is 2.00 bits per heavy atom. The highest BCUT2D eigenvalue weighted by Crippen LogP contribution is 2.54. The normalized spacial score (nSPS) is 20.5. The summed E-state index contributed by atoms with van der Waals surface area (Å²) in [7, 11) is -18.3. The summed E-state index contributed by atoms with van der Waals surface area (Å²) >= 11 is 6.91. The molecule has 0 radical (unpaired) electrons. The second-order valence-electron chi connectivity index (χ2n) is 16.4. The van der Waals surface area contributed by atoms with Crippen molar-refractivity contribution in [2.24, 2.45) is 0 Å². The number of unbranched alkanes of at least 4 members (excludes halogenated alkanes) is 3. The largest absolute Gasteiger partial charge is 0.744 e. The number of carboxylic acid groups (broad SMARTS) is 1.